The summed E-state index contributed by atoms with van der Waals surface area (Å²) in [6.07, 6.45) is 4.94. The molecule has 0 atom stereocenters. The Morgan fingerprint density at radius 3 is 2.74 bits per heavy atom. The third kappa shape index (κ3) is 6.31. The zero-order valence-electron chi connectivity index (χ0n) is 11.6. The van der Waals surface area contributed by atoms with Gasteiger partial charge in [0.25, 0.3) is 0 Å². The van der Waals surface area contributed by atoms with Gasteiger partial charge in [-0.1, -0.05) is 0 Å². The minimum Gasteiger partial charge on any atom is -0.465 e. The summed E-state index contributed by atoms with van der Waals surface area (Å²) in [6, 6.07) is 3.57. The van der Waals surface area contributed by atoms with E-state index in [0.29, 0.717) is 12.1 Å². The highest BCUT2D eigenvalue weighted by atomic mass is 16.5. The van der Waals surface area contributed by atoms with Gasteiger partial charge in [-0.25, -0.2) is 4.79 Å². The van der Waals surface area contributed by atoms with E-state index in [1.54, 1.807) is 19.4 Å². The number of hydrogen-bond donors (Lipinski definition) is 1. The zero-order valence-corrected chi connectivity index (χ0v) is 11.6. The van der Waals surface area contributed by atoms with E-state index in [1.807, 2.05) is 6.07 Å². The van der Waals surface area contributed by atoms with E-state index in [0.717, 1.165) is 38.1 Å². The van der Waals surface area contributed by atoms with Crippen molar-refractivity contribution >= 4 is 5.97 Å². The molecular formula is C14H22N2O3. The number of pyridine rings is 1. The number of ether oxygens (including phenoxy) is 2. The first kappa shape index (κ1) is 15.6. The Bertz CT molecular complexity index is 365. The Kier molecular flexibility index (Phi) is 7.77. The lowest BCUT2D eigenvalue weighted by Crippen LogP contribution is -2.16. The molecule has 5 heteroatoms. The first-order valence-corrected chi connectivity index (χ1v) is 6.51. The van der Waals surface area contributed by atoms with Gasteiger partial charge < -0.3 is 14.8 Å². The first-order valence-electron chi connectivity index (χ1n) is 6.51. The highest BCUT2D eigenvalue weighted by Gasteiger charge is 2.04. The zero-order chi connectivity index (χ0) is 13.9. The number of esters is 1. The van der Waals surface area contributed by atoms with Crippen LogP contribution in [0.2, 0.25) is 0 Å². The Morgan fingerprint density at radius 1 is 1.26 bits per heavy atom. The smallest absolute Gasteiger partial charge is 0.339 e. The average Bonchev–Trinajstić information content (AvgIpc) is 2.46. The van der Waals surface area contributed by atoms with Crippen molar-refractivity contribution in [1.29, 1.82) is 0 Å². The lowest BCUT2D eigenvalue weighted by Gasteiger charge is -2.05. The van der Waals surface area contributed by atoms with Crippen LogP contribution in [0, 0.1) is 0 Å². The summed E-state index contributed by atoms with van der Waals surface area (Å²) in [4.78, 5) is 15.4. The molecule has 0 aliphatic rings. The van der Waals surface area contributed by atoms with Crippen LogP contribution in [0.3, 0.4) is 0 Å². The maximum Gasteiger partial charge on any atom is 0.339 e. The molecule has 1 aromatic rings. The normalized spacial score (nSPS) is 10.4. The van der Waals surface area contributed by atoms with Gasteiger partial charge in [-0.2, -0.15) is 0 Å². The number of carbonyl (C=O) groups excluding carboxylic acids is 1. The summed E-state index contributed by atoms with van der Waals surface area (Å²) in [5, 5.41) is 3.32. The number of unbranched alkanes of at least 4 members (excludes halogenated alkanes) is 2. The van der Waals surface area contributed by atoms with Gasteiger partial charge in [-0.05, 0) is 37.9 Å². The van der Waals surface area contributed by atoms with Crippen LogP contribution in [0.5, 0.6) is 0 Å². The lowest BCUT2D eigenvalue weighted by molar-refractivity contribution is 0.0600. The maximum atomic E-state index is 11.2. The average molecular weight is 266 g/mol. The Labute approximate surface area is 114 Å². The highest BCUT2D eigenvalue weighted by Crippen LogP contribution is 2.02. The van der Waals surface area contributed by atoms with Crippen LogP contribution < -0.4 is 5.32 Å². The number of aromatic nitrogens is 1. The third-order valence-electron chi connectivity index (χ3n) is 2.75. The van der Waals surface area contributed by atoms with Crippen molar-refractivity contribution in [3.05, 3.63) is 29.6 Å². The number of hydrogen-bond acceptors (Lipinski definition) is 5. The van der Waals surface area contributed by atoms with Gasteiger partial charge in [0, 0.05) is 26.5 Å². The van der Waals surface area contributed by atoms with Crippen molar-refractivity contribution in [2.45, 2.75) is 25.8 Å². The molecule has 0 bridgehead atoms. The second-order valence-corrected chi connectivity index (χ2v) is 4.26. The molecule has 19 heavy (non-hydrogen) atoms. The Hall–Kier alpha value is -1.46. The second kappa shape index (κ2) is 9.47. The third-order valence-corrected chi connectivity index (χ3v) is 2.75. The van der Waals surface area contributed by atoms with E-state index in [9.17, 15) is 4.79 Å². The van der Waals surface area contributed by atoms with Gasteiger partial charge >= 0.3 is 5.97 Å². The summed E-state index contributed by atoms with van der Waals surface area (Å²) < 4.78 is 9.61. The van der Waals surface area contributed by atoms with Gasteiger partial charge in [-0.15, -0.1) is 0 Å². The summed E-state index contributed by atoms with van der Waals surface area (Å²) >= 11 is 0. The molecule has 0 aliphatic heterocycles. The molecule has 1 N–H and O–H groups in total. The van der Waals surface area contributed by atoms with Gasteiger partial charge in [0.2, 0.25) is 0 Å². The van der Waals surface area contributed by atoms with Gasteiger partial charge in [0.1, 0.15) is 0 Å². The van der Waals surface area contributed by atoms with Crippen molar-refractivity contribution in [2.75, 3.05) is 27.4 Å². The molecule has 5 nitrogen and oxygen atoms in total. The standard InChI is InChI=1S/C14H22N2O3/c1-18-9-5-3-4-8-15-11-13-7-6-12(10-16-13)14(17)19-2/h6-7,10,15H,3-5,8-9,11H2,1-2H3. The van der Waals surface area contributed by atoms with Gasteiger partial charge in [0.15, 0.2) is 0 Å². The molecule has 0 aliphatic carbocycles. The van der Waals surface area contributed by atoms with Crippen LogP contribution in [0.4, 0.5) is 0 Å². The Morgan fingerprint density at radius 2 is 2.11 bits per heavy atom. The molecule has 1 heterocycles. The van der Waals surface area contributed by atoms with Crippen LogP contribution in [0.15, 0.2) is 18.3 Å². The molecule has 1 rings (SSSR count). The highest BCUT2D eigenvalue weighted by molar-refractivity contribution is 5.88. The van der Waals surface area contributed by atoms with Crippen LogP contribution >= 0.6 is 0 Å². The van der Waals surface area contributed by atoms with Gasteiger partial charge in [0.05, 0.1) is 18.4 Å². The quantitative estimate of drug-likeness (QED) is 0.545. The van der Waals surface area contributed by atoms with E-state index in [4.69, 9.17) is 4.74 Å². The number of nitrogens with one attached hydrogen (secondary N) is 1. The molecule has 0 fully saturated rings. The largest absolute Gasteiger partial charge is 0.465 e. The van der Waals surface area contributed by atoms with E-state index in [1.165, 1.54) is 7.11 Å². The van der Waals surface area contributed by atoms with Crippen molar-refractivity contribution in [1.82, 2.24) is 10.3 Å². The van der Waals surface area contributed by atoms with E-state index >= 15 is 0 Å². The lowest BCUT2D eigenvalue weighted by atomic mass is 10.2. The van der Waals surface area contributed by atoms with Crippen LogP contribution in [-0.4, -0.2) is 38.3 Å². The fourth-order valence-electron chi connectivity index (χ4n) is 1.66. The molecule has 0 spiro atoms. The van der Waals surface area contributed by atoms with Crippen LogP contribution in [-0.2, 0) is 16.0 Å². The van der Waals surface area contributed by atoms with Crippen molar-refractivity contribution < 1.29 is 14.3 Å². The summed E-state index contributed by atoms with van der Waals surface area (Å²) in [7, 11) is 3.09. The molecule has 0 aromatic carbocycles. The first-order chi connectivity index (χ1) is 9.27. The maximum absolute atomic E-state index is 11.2. The van der Waals surface area contributed by atoms with Crippen molar-refractivity contribution in [2.24, 2.45) is 0 Å². The number of rotatable bonds is 9. The molecular weight excluding hydrogens is 244 g/mol. The molecule has 106 valence electrons. The van der Waals surface area contributed by atoms with Crippen LogP contribution in [0.25, 0.3) is 0 Å². The SMILES string of the molecule is COCCCCCNCc1ccc(C(=O)OC)cn1. The summed E-state index contributed by atoms with van der Waals surface area (Å²) in [5.74, 6) is -0.356. The number of nitrogens with zero attached hydrogens (tertiary/aromatic N) is 1. The topological polar surface area (TPSA) is 60.5 Å². The number of carbonyl (C=O) groups is 1. The predicted molar refractivity (Wildman–Crippen MR) is 73.0 cm³/mol. The van der Waals surface area contributed by atoms with Crippen LogP contribution in [0.1, 0.15) is 35.3 Å². The van der Waals surface area contributed by atoms with Gasteiger partial charge in [-0.3, -0.25) is 4.98 Å². The molecule has 0 saturated heterocycles. The fourth-order valence-corrected chi connectivity index (χ4v) is 1.66. The molecule has 0 radical (unpaired) electrons. The molecule has 0 unspecified atom stereocenters. The minimum absolute atomic E-state index is 0.356. The molecule has 0 saturated carbocycles. The van der Waals surface area contributed by atoms with Crippen molar-refractivity contribution in [3.8, 4) is 0 Å². The molecule has 1 aromatic heterocycles. The Balaban J connectivity index is 2.18. The molecule has 0 amide bonds. The summed E-state index contributed by atoms with van der Waals surface area (Å²) in [6.45, 7) is 2.51. The fraction of sp³-hybridized carbons (Fsp3) is 0.571. The number of methoxy groups -OCH3 is 2. The minimum atomic E-state index is -0.356. The monoisotopic (exact) mass is 266 g/mol. The predicted octanol–water partition coefficient (Wildman–Crippen LogP) is 1.77. The van der Waals surface area contributed by atoms with E-state index in [2.05, 4.69) is 15.0 Å². The van der Waals surface area contributed by atoms with Crippen molar-refractivity contribution in [3.63, 3.8) is 0 Å². The van der Waals surface area contributed by atoms with E-state index in [-0.39, 0.29) is 5.97 Å². The second-order valence-electron chi connectivity index (χ2n) is 4.26. The summed E-state index contributed by atoms with van der Waals surface area (Å²) in [5.41, 5.74) is 1.40. The van der Waals surface area contributed by atoms with E-state index < -0.39 is 0 Å².